The molecule has 98 valence electrons. The average Bonchev–Trinajstić information content (AvgIpc) is 2.47. The van der Waals surface area contributed by atoms with E-state index in [0.717, 1.165) is 11.4 Å². The van der Waals surface area contributed by atoms with Gasteiger partial charge in [0.1, 0.15) is 5.75 Å². The number of hydrogen-bond donors (Lipinski definition) is 0. The van der Waals surface area contributed by atoms with Gasteiger partial charge in [-0.2, -0.15) is 0 Å². The number of hydrogen-bond acceptors (Lipinski definition) is 2. The number of amides is 1. The summed E-state index contributed by atoms with van der Waals surface area (Å²) in [5, 5.41) is 0. The number of anilines is 1. The van der Waals surface area contributed by atoms with Crippen LogP contribution in [0.15, 0.2) is 54.6 Å². The van der Waals surface area contributed by atoms with Gasteiger partial charge in [-0.3, -0.25) is 4.79 Å². The molecule has 0 atom stereocenters. The summed E-state index contributed by atoms with van der Waals surface area (Å²) in [6.45, 7) is 2.51. The van der Waals surface area contributed by atoms with Crippen molar-refractivity contribution in [3.8, 4) is 5.75 Å². The van der Waals surface area contributed by atoms with Crippen LogP contribution < -0.4 is 9.64 Å². The zero-order valence-electron chi connectivity index (χ0n) is 11.2. The summed E-state index contributed by atoms with van der Waals surface area (Å²) in [6, 6.07) is 16.8. The number of nitrogens with zero attached hydrogens (tertiary/aromatic N) is 1. The minimum Gasteiger partial charge on any atom is -0.494 e. The fraction of sp³-hybridized carbons (Fsp3) is 0.188. The van der Waals surface area contributed by atoms with Crippen LogP contribution in [0.3, 0.4) is 0 Å². The van der Waals surface area contributed by atoms with Crippen LogP contribution in [0, 0.1) is 0 Å². The normalized spacial score (nSPS) is 10.0. The molecule has 0 aliphatic heterocycles. The first kappa shape index (κ1) is 13.1. The Balaban J connectivity index is 2.22. The summed E-state index contributed by atoms with van der Waals surface area (Å²) in [4.78, 5) is 14.0. The Bertz CT molecular complexity index is 552. The Morgan fingerprint density at radius 2 is 1.84 bits per heavy atom. The number of ether oxygens (including phenoxy) is 1. The maximum Gasteiger partial charge on any atom is 0.258 e. The lowest BCUT2D eigenvalue weighted by Crippen LogP contribution is -2.26. The first-order valence-electron chi connectivity index (χ1n) is 6.28. The van der Waals surface area contributed by atoms with E-state index in [1.165, 1.54) is 0 Å². The molecule has 2 aromatic carbocycles. The van der Waals surface area contributed by atoms with E-state index in [-0.39, 0.29) is 5.91 Å². The molecule has 0 radical (unpaired) electrons. The predicted molar refractivity (Wildman–Crippen MR) is 76.8 cm³/mol. The molecule has 0 aliphatic rings. The predicted octanol–water partition coefficient (Wildman–Crippen LogP) is 3.36. The van der Waals surface area contributed by atoms with Crippen molar-refractivity contribution < 1.29 is 9.53 Å². The summed E-state index contributed by atoms with van der Waals surface area (Å²) in [7, 11) is 1.77. The second-order valence-electron chi connectivity index (χ2n) is 4.16. The van der Waals surface area contributed by atoms with Crippen molar-refractivity contribution in [2.75, 3.05) is 18.6 Å². The lowest BCUT2D eigenvalue weighted by molar-refractivity contribution is 0.0992. The van der Waals surface area contributed by atoms with Gasteiger partial charge < -0.3 is 9.64 Å². The van der Waals surface area contributed by atoms with Crippen LogP contribution in [-0.4, -0.2) is 19.6 Å². The summed E-state index contributed by atoms with van der Waals surface area (Å²) < 4.78 is 5.41. The van der Waals surface area contributed by atoms with E-state index in [0.29, 0.717) is 12.2 Å². The van der Waals surface area contributed by atoms with Crippen LogP contribution in [0.25, 0.3) is 0 Å². The maximum absolute atomic E-state index is 12.4. The Labute approximate surface area is 113 Å². The van der Waals surface area contributed by atoms with Crippen LogP contribution in [-0.2, 0) is 0 Å². The summed E-state index contributed by atoms with van der Waals surface area (Å²) in [5.41, 5.74) is 1.49. The van der Waals surface area contributed by atoms with Crippen molar-refractivity contribution in [1.82, 2.24) is 0 Å². The zero-order chi connectivity index (χ0) is 13.7. The monoisotopic (exact) mass is 255 g/mol. The molecule has 1 amide bonds. The number of benzene rings is 2. The van der Waals surface area contributed by atoms with Crippen LogP contribution in [0.2, 0.25) is 0 Å². The molecule has 0 fully saturated rings. The molecule has 2 rings (SSSR count). The van der Waals surface area contributed by atoms with Crippen molar-refractivity contribution in [2.45, 2.75) is 6.92 Å². The van der Waals surface area contributed by atoms with E-state index in [2.05, 4.69) is 0 Å². The number of rotatable bonds is 4. The second kappa shape index (κ2) is 6.05. The molecule has 3 heteroatoms. The largest absolute Gasteiger partial charge is 0.494 e. The summed E-state index contributed by atoms with van der Waals surface area (Å²) in [6.07, 6.45) is 0. The highest BCUT2D eigenvalue weighted by Crippen LogP contribution is 2.18. The van der Waals surface area contributed by atoms with Gasteiger partial charge in [-0.25, -0.2) is 0 Å². The van der Waals surface area contributed by atoms with E-state index in [9.17, 15) is 4.79 Å². The van der Waals surface area contributed by atoms with Gasteiger partial charge in [-0.1, -0.05) is 24.3 Å². The molecule has 0 aromatic heterocycles. The Morgan fingerprint density at radius 3 is 2.53 bits per heavy atom. The van der Waals surface area contributed by atoms with Crippen molar-refractivity contribution >= 4 is 11.6 Å². The molecule has 0 unspecified atom stereocenters. The molecule has 0 saturated carbocycles. The molecule has 0 spiro atoms. The minimum atomic E-state index is -0.0484. The van der Waals surface area contributed by atoms with E-state index < -0.39 is 0 Å². The molecule has 0 bridgehead atoms. The standard InChI is InChI=1S/C16H17NO2/c1-3-19-15-11-7-8-13(12-15)16(18)17(2)14-9-5-4-6-10-14/h4-12H,3H2,1-2H3. The topological polar surface area (TPSA) is 29.5 Å². The molecule has 2 aromatic rings. The zero-order valence-corrected chi connectivity index (χ0v) is 11.2. The molecule has 0 heterocycles. The van der Waals surface area contributed by atoms with Crippen molar-refractivity contribution in [3.63, 3.8) is 0 Å². The molecule has 0 saturated heterocycles. The average molecular weight is 255 g/mol. The molecule has 3 nitrogen and oxygen atoms in total. The van der Waals surface area contributed by atoms with Crippen LogP contribution >= 0.6 is 0 Å². The Hall–Kier alpha value is -2.29. The lowest BCUT2D eigenvalue weighted by Gasteiger charge is -2.17. The molecular weight excluding hydrogens is 238 g/mol. The van der Waals surface area contributed by atoms with Crippen molar-refractivity contribution in [1.29, 1.82) is 0 Å². The van der Waals surface area contributed by atoms with Crippen molar-refractivity contribution in [2.24, 2.45) is 0 Å². The van der Waals surface area contributed by atoms with E-state index in [1.807, 2.05) is 49.4 Å². The van der Waals surface area contributed by atoms with Crippen molar-refractivity contribution in [3.05, 3.63) is 60.2 Å². The third-order valence-electron chi connectivity index (χ3n) is 2.84. The SMILES string of the molecule is CCOc1cccc(C(=O)N(C)c2ccccc2)c1. The highest BCUT2D eigenvalue weighted by molar-refractivity contribution is 6.05. The molecule has 19 heavy (non-hydrogen) atoms. The van der Waals surface area contributed by atoms with Crippen LogP contribution in [0.1, 0.15) is 17.3 Å². The fourth-order valence-corrected chi connectivity index (χ4v) is 1.85. The van der Waals surface area contributed by atoms with Gasteiger partial charge >= 0.3 is 0 Å². The summed E-state index contributed by atoms with van der Waals surface area (Å²) in [5.74, 6) is 0.669. The van der Waals surface area contributed by atoms with E-state index >= 15 is 0 Å². The lowest BCUT2D eigenvalue weighted by atomic mass is 10.2. The highest BCUT2D eigenvalue weighted by atomic mass is 16.5. The smallest absolute Gasteiger partial charge is 0.258 e. The number of para-hydroxylation sites is 1. The molecule has 0 aliphatic carbocycles. The number of carbonyl (C=O) groups excluding carboxylic acids is 1. The first-order valence-corrected chi connectivity index (χ1v) is 6.28. The van der Waals surface area contributed by atoms with Crippen LogP contribution in [0.4, 0.5) is 5.69 Å². The highest BCUT2D eigenvalue weighted by Gasteiger charge is 2.13. The van der Waals surface area contributed by atoms with E-state index in [1.54, 1.807) is 24.1 Å². The van der Waals surface area contributed by atoms with Gasteiger partial charge in [0.15, 0.2) is 0 Å². The fourth-order valence-electron chi connectivity index (χ4n) is 1.85. The number of carbonyl (C=O) groups is 1. The van der Waals surface area contributed by atoms with Gasteiger partial charge in [-0.15, -0.1) is 0 Å². The van der Waals surface area contributed by atoms with Gasteiger partial charge in [-0.05, 0) is 37.3 Å². The third kappa shape index (κ3) is 3.13. The Kier molecular flexibility index (Phi) is 4.18. The van der Waals surface area contributed by atoms with Crippen LogP contribution in [0.5, 0.6) is 5.75 Å². The first-order chi connectivity index (χ1) is 9.22. The maximum atomic E-state index is 12.4. The van der Waals surface area contributed by atoms with Gasteiger partial charge in [0.2, 0.25) is 0 Å². The Morgan fingerprint density at radius 1 is 1.11 bits per heavy atom. The minimum absolute atomic E-state index is 0.0484. The summed E-state index contributed by atoms with van der Waals surface area (Å²) >= 11 is 0. The van der Waals surface area contributed by atoms with E-state index in [4.69, 9.17) is 4.74 Å². The van der Waals surface area contributed by atoms with Gasteiger partial charge in [0.25, 0.3) is 5.91 Å². The van der Waals surface area contributed by atoms with Gasteiger partial charge in [0.05, 0.1) is 6.61 Å². The quantitative estimate of drug-likeness (QED) is 0.838. The molecular formula is C16H17NO2. The molecule has 0 N–H and O–H groups in total. The van der Waals surface area contributed by atoms with Gasteiger partial charge in [0, 0.05) is 18.3 Å². The second-order valence-corrected chi connectivity index (χ2v) is 4.16. The third-order valence-corrected chi connectivity index (χ3v) is 2.84.